The van der Waals surface area contributed by atoms with E-state index < -0.39 is 6.10 Å². The molecule has 140 valence electrons. The first-order chi connectivity index (χ1) is 11.4. The molecule has 2 saturated heterocycles. The van der Waals surface area contributed by atoms with Crippen LogP contribution in [0.25, 0.3) is 0 Å². The van der Waals surface area contributed by atoms with Gasteiger partial charge in [-0.15, -0.1) is 12.4 Å². The molecule has 0 aliphatic carbocycles. The highest BCUT2D eigenvalue weighted by atomic mass is 35.5. The Morgan fingerprint density at radius 1 is 1.20 bits per heavy atom. The highest BCUT2D eigenvalue weighted by Crippen LogP contribution is 2.27. The van der Waals surface area contributed by atoms with Gasteiger partial charge in [0.2, 0.25) is 0 Å². The van der Waals surface area contributed by atoms with E-state index in [-0.39, 0.29) is 24.4 Å². The summed E-state index contributed by atoms with van der Waals surface area (Å²) in [6, 6.07) is 7.70. The number of fused-ring (bicyclic) bond motifs is 2. The van der Waals surface area contributed by atoms with Crippen LogP contribution in [-0.2, 0) is 4.79 Å². The highest BCUT2D eigenvalue weighted by molar-refractivity contribution is 5.85. The van der Waals surface area contributed by atoms with Crippen molar-refractivity contribution in [1.82, 2.24) is 10.6 Å². The number of piperidine rings is 1. The Morgan fingerprint density at radius 2 is 1.84 bits per heavy atom. The van der Waals surface area contributed by atoms with Crippen molar-refractivity contribution >= 4 is 18.3 Å². The second kappa shape index (κ2) is 8.41. The van der Waals surface area contributed by atoms with Crippen LogP contribution in [0, 0.1) is 6.92 Å². The Labute approximate surface area is 157 Å². The van der Waals surface area contributed by atoms with Crippen LogP contribution in [0.1, 0.15) is 63.5 Å². The van der Waals surface area contributed by atoms with E-state index in [9.17, 15) is 4.79 Å². The van der Waals surface area contributed by atoms with E-state index in [0.29, 0.717) is 18.0 Å². The number of halogens is 1. The Morgan fingerprint density at radius 3 is 2.44 bits per heavy atom. The lowest BCUT2D eigenvalue weighted by Crippen LogP contribution is -2.50. The summed E-state index contributed by atoms with van der Waals surface area (Å²) in [7, 11) is 0. The summed E-state index contributed by atoms with van der Waals surface area (Å²) in [5, 5.41) is 6.80. The minimum absolute atomic E-state index is 0. The standard InChI is InChI=1S/C20H30N2O2.ClH/c1-12(2)15-6-5-13(3)19(9-15)24-14(4)20(23)22-18-10-16-7-8-17(11-18)21-16;/h5-6,9,12,14,16-18,21H,7-8,10-11H2,1-4H3,(H,22,23);1H. The van der Waals surface area contributed by atoms with Crippen LogP contribution < -0.4 is 15.4 Å². The fraction of sp³-hybridized carbons (Fsp3) is 0.650. The quantitative estimate of drug-likeness (QED) is 0.835. The number of carbonyl (C=O) groups is 1. The van der Waals surface area contributed by atoms with Crippen molar-refractivity contribution < 1.29 is 9.53 Å². The van der Waals surface area contributed by atoms with Crippen LogP contribution in [0.15, 0.2) is 18.2 Å². The van der Waals surface area contributed by atoms with Gasteiger partial charge in [-0.05, 0) is 62.6 Å². The van der Waals surface area contributed by atoms with Gasteiger partial charge >= 0.3 is 0 Å². The van der Waals surface area contributed by atoms with Crippen molar-refractivity contribution in [1.29, 1.82) is 0 Å². The molecule has 2 heterocycles. The number of rotatable bonds is 5. The van der Waals surface area contributed by atoms with Gasteiger partial charge < -0.3 is 15.4 Å². The molecule has 0 radical (unpaired) electrons. The lowest BCUT2D eigenvalue weighted by atomic mass is 9.99. The molecule has 2 aliphatic rings. The minimum Gasteiger partial charge on any atom is -0.481 e. The molecule has 3 atom stereocenters. The summed E-state index contributed by atoms with van der Waals surface area (Å²) < 4.78 is 5.98. The van der Waals surface area contributed by atoms with Gasteiger partial charge in [-0.3, -0.25) is 4.79 Å². The monoisotopic (exact) mass is 366 g/mol. The summed E-state index contributed by atoms with van der Waals surface area (Å²) >= 11 is 0. The largest absolute Gasteiger partial charge is 0.481 e. The lowest BCUT2D eigenvalue weighted by Gasteiger charge is -2.30. The molecule has 4 nitrogen and oxygen atoms in total. The first-order valence-corrected chi connectivity index (χ1v) is 9.26. The average molecular weight is 367 g/mol. The fourth-order valence-corrected chi connectivity index (χ4v) is 3.84. The van der Waals surface area contributed by atoms with Crippen molar-refractivity contribution in [3.63, 3.8) is 0 Å². The molecule has 2 bridgehead atoms. The maximum absolute atomic E-state index is 12.5. The summed E-state index contributed by atoms with van der Waals surface area (Å²) in [4.78, 5) is 12.5. The predicted molar refractivity (Wildman–Crippen MR) is 104 cm³/mol. The van der Waals surface area contributed by atoms with Crippen LogP contribution in [0.5, 0.6) is 5.75 Å². The Balaban J connectivity index is 0.00000225. The van der Waals surface area contributed by atoms with Gasteiger partial charge in [0.15, 0.2) is 6.10 Å². The van der Waals surface area contributed by atoms with Crippen molar-refractivity contribution in [2.45, 2.75) is 83.5 Å². The smallest absolute Gasteiger partial charge is 0.260 e. The van der Waals surface area contributed by atoms with E-state index in [2.05, 4.69) is 42.7 Å². The minimum atomic E-state index is -0.473. The molecular weight excluding hydrogens is 336 g/mol. The fourth-order valence-electron chi connectivity index (χ4n) is 3.84. The molecule has 3 rings (SSSR count). The number of hydrogen-bond donors (Lipinski definition) is 2. The van der Waals surface area contributed by atoms with Crippen LogP contribution in [0.4, 0.5) is 0 Å². The van der Waals surface area contributed by atoms with Crippen molar-refractivity contribution in [3.05, 3.63) is 29.3 Å². The zero-order valence-electron chi connectivity index (χ0n) is 15.7. The van der Waals surface area contributed by atoms with E-state index in [4.69, 9.17) is 4.74 Å². The lowest BCUT2D eigenvalue weighted by molar-refractivity contribution is -0.128. The van der Waals surface area contributed by atoms with Gasteiger partial charge in [-0.25, -0.2) is 0 Å². The zero-order valence-corrected chi connectivity index (χ0v) is 16.5. The molecule has 0 saturated carbocycles. The first-order valence-electron chi connectivity index (χ1n) is 9.26. The van der Waals surface area contributed by atoms with Gasteiger partial charge in [0.05, 0.1) is 0 Å². The van der Waals surface area contributed by atoms with E-state index in [1.54, 1.807) is 0 Å². The molecular formula is C20H31ClN2O2. The number of hydrogen-bond acceptors (Lipinski definition) is 3. The Kier molecular flexibility index (Phi) is 6.75. The van der Waals surface area contributed by atoms with Gasteiger partial charge in [0.25, 0.3) is 5.91 Å². The van der Waals surface area contributed by atoms with Gasteiger partial charge in [0.1, 0.15) is 5.75 Å². The Bertz CT molecular complexity index is 593. The molecule has 25 heavy (non-hydrogen) atoms. The average Bonchev–Trinajstić information content (AvgIpc) is 2.87. The summed E-state index contributed by atoms with van der Waals surface area (Å²) in [5.74, 6) is 1.26. The summed E-state index contributed by atoms with van der Waals surface area (Å²) in [6.07, 6.45) is 4.08. The second-order valence-electron chi connectivity index (χ2n) is 7.75. The van der Waals surface area contributed by atoms with Crippen LogP contribution in [-0.4, -0.2) is 30.1 Å². The van der Waals surface area contributed by atoms with E-state index in [0.717, 1.165) is 24.2 Å². The Hall–Kier alpha value is -1.26. The molecule has 1 amide bonds. The molecule has 0 spiro atoms. The van der Waals surface area contributed by atoms with Crippen LogP contribution in [0.3, 0.4) is 0 Å². The van der Waals surface area contributed by atoms with Gasteiger partial charge in [-0.1, -0.05) is 26.0 Å². The molecule has 5 heteroatoms. The number of aryl methyl sites for hydroxylation is 1. The molecule has 3 unspecified atom stereocenters. The van der Waals surface area contributed by atoms with Gasteiger partial charge in [0, 0.05) is 18.1 Å². The third-order valence-corrected chi connectivity index (χ3v) is 5.37. The molecule has 1 aromatic carbocycles. The molecule has 2 fully saturated rings. The third-order valence-electron chi connectivity index (χ3n) is 5.37. The highest BCUT2D eigenvalue weighted by Gasteiger charge is 2.34. The summed E-state index contributed by atoms with van der Waals surface area (Å²) in [5.41, 5.74) is 2.30. The molecule has 1 aromatic rings. The predicted octanol–water partition coefficient (Wildman–Crippen LogP) is 3.71. The second-order valence-corrected chi connectivity index (χ2v) is 7.75. The maximum Gasteiger partial charge on any atom is 0.260 e. The van der Waals surface area contributed by atoms with E-state index in [1.165, 1.54) is 18.4 Å². The molecule has 0 aromatic heterocycles. The van der Waals surface area contributed by atoms with E-state index in [1.807, 2.05) is 13.8 Å². The van der Waals surface area contributed by atoms with Crippen molar-refractivity contribution in [3.8, 4) is 5.75 Å². The zero-order chi connectivity index (χ0) is 17.3. The first kappa shape index (κ1) is 20.1. The van der Waals surface area contributed by atoms with Gasteiger partial charge in [-0.2, -0.15) is 0 Å². The molecule has 2 N–H and O–H groups in total. The maximum atomic E-state index is 12.5. The summed E-state index contributed by atoms with van der Waals surface area (Å²) in [6.45, 7) is 8.19. The third kappa shape index (κ3) is 4.89. The number of nitrogens with one attached hydrogen (secondary N) is 2. The normalized spacial score (nSPS) is 26.0. The van der Waals surface area contributed by atoms with E-state index >= 15 is 0 Å². The van der Waals surface area contributed by atoms with Crippen LogP contribution in [0.2, 0.25) is 0 Å². The van der Waals surface area contributed by atoms with Crippen molar-refractivity contribution in [2.75, 3.05) is 0 Å². The number of amides is 1. The number of benzene rings is 1. The SMILES string of the molecule is Cc1ccc(C(C)C)cc1OC(C)C(=O)NC1CC2CCC(C1)N2.Cl. The topological polar surface area (TPSA) is 50.4 Å². The number of carbonyl (C=O) groups excluding carboxylic acids is 1. The molecule has 2 aliphatic heterocycles. The van der Waals surface area contributed by atoms with Crippen LogP contribution >= 0.6 is 12.4 Å². The van der Waals surface area contributed by atoms with Crippen molar-refractivity contribution in [2.24, 2.45) is 0 Å². The number of ether oxygens (including phenoxy) is 1.